The monoisotopic (exact) mass is 332 g/mol. The van der Waals surface area contributed by atoms with E-state index >= 15 is 0 Å². The Bertz CT molecular complexity index is 690. The van der Waals surface area contributed by atoms with Gasteiger partial charge in [0.25, 0.3) is 5.56 Å². The van der Waals surface area contributed by atoms with Gasteiger partial charge in [0, 0.05) is 31.6 Å². The minimum atomic E-state index is -0.330. The summed E-state index contributed by atoms with van der Waals surface area (Å²) >= 11 is 0. The standard InChI is InChI=1S/C17H24N4O3/c22-14-7-12(8-14)17(24)20-5-6-21-15(11-20)18-13(9-16(21)23)10-19-3-1-2-4-19/h9,12,14,22H,1-8,10-11H2. The average molecular weight is 332 g/mol. The van der Waals surface area contributed by atoms with Gasteiger partial charge < -0.3 is 10.0 Å². The lowest BCUT2D eigenvalue weighted by Gasteiger charge is -2.37. The van der Waals surface area contributed by atoms with Gasteiger partial charge in [-0.05, 0) is 38.8 Å². The van der Waals surface area contributed by atoms with E-state index in [0.29, 0.717) is 44.8 Å². The number of amides is 1. The van der Waals surface area contributed by atoms with E-state index in [9.17, 15) is 14.7 Å². The van der Waals surface area contributed by atoms with Gasteiger partial charge in [0.05, 0.1) is 18.3 Å². The van der Waals surface area contributed by atoms with E-state index in [0.717, 1.165) is 18.8 Å². The molecule has 1 amide bonds. The maximum atomic E-state index is 12.5. The molecule has 1 aromatic heterocycles. The van der Waals surface area contributed by atoms with E-state index in [2.05, 4.69) is 9.88 Å². The molecule has 24 heavy (non-hydrogen) atoms. The molecule has 1 N–H and O–H groups in total. The maximum Gasteiger partial charge on any atom is 0.253 e. The molecule has 130 valence electrons. The smallest absolute Gasteiger partial charge is 0.253 e. The fourth-order valence-corrected chi connectivity index (χ4v) is 3.92. The van der Waals surface area contributed by atoms with Crippen molar-refractivity contribution >= 4 is 5.91 Å². The van der Waals surface area contributed by atoms with Gasteiger partial charge in [-0.15, -0.1) is 0 Å². The first kappa shape index (κ1) is 15.8. The molecule has 7 heteroatoms. The fraction of sp³-hybridized carbons (Fsp3) is 0.706. The van der Waals surface area contributed by atoms with Crippen molar-refractivity contribution in [3.05, 3.63) is 27.9 Å². The lowest BCUT2D eigenvalue weighted by molar-refractivity contribution is -0.144. The van der Waals surface area contributed by atoms with Gasteiger partial charge in [-0.3, -0.25) is 19.1 Å². The number of hydrogen-bond acceptors (Lipinski definition) is 5. The number of nitrogens with zero attached hydrogens (tertiary/aromatic N) is 4. The normalized spacial score (nSPS) is 27.0. The van der Waals surface area contributed by atoms with E-state index < -0.39 is 0 Å². The van der Waals surface area contributed by atoms with Crippen LogP contribution in [0.15, 0.2) is 10.9 Å². The first-order chi connectivity index (χ1) is 11.6. The van der Waals surface area contributed by atoms with E-state index in [-0.39, 0.29) is 23.5 Å². The van der Waals surface area contributed by atoms with Gasteiger partial charge in [-0.25, -0.2) is 4.98 Å². The zero-order chi connectivity index (χ0) is 16.7. The highest BCUT2D eigenvalue weighted by atomic mass is 16.3. The highest BCUT2D eigenvalue weighted by Crippen LogP contribution is 2.29. The molecular formula is C17H24N4O3. The van der Waals surface area contributed by atoms with Crippen LogP contribution in [0.3, 0.4) is 0 Å². The van der Waals surface area contributed by atoms with Crippen LogP contribution in [-0.4, -0.2) is 56.1 Å². The SMILES string of the molecule is O=C(C1CC(O)C1)N1CCn2c(nc(CN3CCCC3)cc2=O)C1. The first-order valence-corrected chi connectivity index (χ1v) is 8.89. The summed E-state index contributed by atoms with van der Waals surface area (Å²) in [6, 6.07) is 1.64. The largest absolute Gasteiger partial charge is 0.393 e. The molecule has 1 saturated heterocycles. The number of aromatic nitrogens is 2. The highest BCUT2D eigenvalue weighted by Gasteiger charge is 2.37. The Morgan fingerprint density at radius 2 is 1.96 bits per heavy atom. The third-order valence-corrected chi connectivity index (χ3v) is 5.42. The molecular weight excluding hydrogens is 308 g/mol. The summed E-state index contributed by atoms with van der Waals surface area (Å²) in [4.78, 5) is 33.6. The molecule has 1 aliphatic carbocycles. The zero-order valence-corrected chi connectivity index (χ0v) is 13.9. The van der Waals surface area contributed by atoms with Crippen LogP contribution < -0.4 is 5.56 Å². The van der Waals surface area contributed by atoms with Crippen molar-refractivity contribution in [2.24, 2.45) is 5.92 Å². The molecule has 0 radical (unpaired) electrons. The summed E-state index contributed by atoms with van der Waals surface area (Å²) in [5, 5.41) is 9.40. The van der Waals surface area contributed by atoms with E-state index in [1.165, 1.54) is 12.8 Å². The minimum Gasteiger partial charge on any atom is -0.393 e. The summed E-state index contributed by atoms with van der Waals surface area (Å²) < 4.78 is 1.69. The average Bonchev–Trinajstić information content (AvgIpc) is 3.03. The third-order valence-electron chi connectivity index (χ3n) is 5.42. The van der Waals surface area contributed by atoms with Gasteiger partial charge in [0.15, 0.2) is 0 Å². The fourth-order valence-electron chi connectivity index (χ4n) is 3.92. The third kappa shape index (κ3) is 2.98. The highest BCUT2D eigenvalue weighted by molar-refractivity contribution is 5.79. The molecule has 1 saturated carbocycles. The van der Waals surface area contributed by atoms with E-state index in [4.69, 9.17) is 0 Å². The molecule has 2 aliphatic heterocycles. The second-order valence-electron chi connectivity index (χ2n) is 7.22. The molecule has 2 fully saturated rings. The number of aliphatic hydroxyl groups excluding tert-OH is 1. The van der Waals surface area contributed by atoms with Gasteiger partial charge in [-0.1, -0.05) is 0 Å². The summed E-state index contributed by atoms with van der Waals surface area (Å²) in [5.41, 5.74) is 0.793. The molecule has 0 aromatic carbocycles. The molecule has 4 rings (SSSR count). The summed E-state index contributed by atoms with van der Waals surface area (Å²) in [7, 11) is 0. The van der Waals surface area contributed by atoms with Gasteiger partial charge in [0.2, 0.25) is 5.91 Å². The lowest BCUT2D eigenvalue weighted by Crippen LogP contribution is -2.48. The molecule has 1 aromatic rings. The Kier molecular flexibility index (Phi) is 4.14. The van der Waals surface area contributed by atoms with Crippen molar-refractivity contribution in [3.63, 3.8) is 0 Å². The molecule has 7 nitrogen and oxygen atoms in total. The number of aliphatic hydroxyl groups is 1. The quantitative estimate of drug-likeness (QED) is 0.840. The van der Waals surface area contributed by atoms with Crippen molar-refractivity contribution in [2.45, 2.75) is 51.4 Å². The number of likely N-dealkylation sites (tertiary alicyclic amines) is 1. The molecule has 0 spiro atoms. The number of hydrogen-bond donors (Lipinski definition) is 1. The van der Waals surface area contributed by atoms with Crippen LogP contribution in [0.5, 0.6) is 0 Å². The van der Waals surface area contributed by atoms with Crippen molar-refractivity contribution < 1.29 is 9.90 Å². The second-order valence-corrected chi connectivity index (χ2v) is 7.22. The van der Waals surface area contributed by atoms with E-state index in [1.54, 1.807) is 15.5 Å². The van der Waals surface area contributed by atoms with Crippen molar-refractivity contribution in [1.82, 2.24) is 19.4 Å². The van der Waals surface area contributed by atoms with Crippen LogP contribution in [0.1, 0.15) is 37.2 Å². The summed E-state index contributed by atoms with van der Waals surface area (Å²) in [5.74, 6) is 0.716. The van der Waals surface area contributed by atoms with Crippen molar-refractivity contribution in [3.8, 4) is 0 Å². The van der Waals surface area contributed by atoms with E-state index in [1.807, 2.05) is 0 Å². The Balaban J connectivity index is 1.50. The Morgan fingerprint density at radius 1 is 1.21 bits per heavy atom. The van der Waals surface area contributed by atoms with Crippen LogP contribution in [0.2, 0.25) is 0 Å². The first-order valence-electron chi connectivity index (χ1n) is 8.89. The minimum absolute atomic E-state index is 0.0136. The number of carbonyl (C=O) groups is 1. The molecule has 3 aliphatic rings. The number of rotatable bonds is 3. The summed E-state index contributed by atoms with van der Waals surface area (Å²) in [6.07, 6.45) is 3.21. The van der Waals surface area contributed by atoms with Crippen molar-refractivity contribution in [1.29, 1.82) is 0 Å². The van der Waals surface area contributed by atoms with Gasteiger partial charge >= 0.3 is 0 Å². The van der Waals surface area contributed by atoms with Crippen LogP contribution in [0.25, 0.3) is 0 Å². The van der Waals surface area contributed by atoms with Crippen LogP contribution in [0.4, 0.5) is 0 Å². The van der Waals surface area contributed by atoms with Crippen LogP contribution in [-0.2, 0) is 24.4 Å². The zero-order valence-electron chi connectivity index (χ0n) is 13.9. The molecule has 3 heterocycles. The summed E-state index contributed by atoms with van der Waals surface area (Å²) in [6.45, 7) is 4.29. The van der Waals surface area contributed by atoms with Gasteiger partial charge in [-0.2, -0.15) is 0 Å². The van der Waals surface area contributed by atoms with Gasteiger partial charge in [0.1, 0.15) is 5.82 Å². The number of carbonyl (C=O) groups excluding carboxylic acids is 1. The lowest BCUT2D eigenvalue weighted by atomic mass is 9.81. The molecule has 0 bridgehead atoms. The molecule has 0 unspecified atom stereocenters. The van der Waals surface area contributed by atoms with Crippen LogP contribution in [0, 0.1) is 5.92 Å². The van der Waals surface area contributed by atoms with Crippen molar-refractivity contribution in [2.75, 3.05) is 19.6 Å². The predicted octanol–water partition coefficient (Wildman–Crippen LogP) is -0.0478. The second kappa shape index (κ2) is 6.29. The Hall–Kier alpha value is -1.73. The molecule has 0 atom stereocenters. The Labute approximate surface area is 140 Å². The maximum absolute atomic E-state index is 12.5. The Morgan fingerprint density at radius 3 is 2.67 bits per heavy atom. The predicted molar refractivity (Wildman–Crippen MR) is 87.2 cm³/mol. The topological polar surface area (TPSA) is 78.7 Å². The van der Waals surface area contributed by atoms with Crippen LogP contribution >= 0.6 is 0 Å². The number of fused-ring (bicyclic) bond motifs is 1.